The Labute approximate surface area is 245 Å². The third-order valence-corrected chi connectivity index (χ3v) is 10.3. The lowest BCUT2D eigenvalue weighted by Crippen LogP contribution is -2.37. The summed E-state index contributed by atoms with van der Waals surface area (Å²) in [7, 11) is -7.61. The molecule has 4 aliphatic rings. The van der Waals surface area contributed by atoms with Crippen molar-refractivity contribution < 1.29 is 42.0 Å². The number of fused-ring (bicyclic) bond motifs is 4. The Hall–Kier alpha value is -3.52. The topological polar surface area (TPSA) is 293 Å². The fourth-order valence-corrected chi connectivity index (χ4v) is 8.46. The van der Waals surface area contributed by atoms with E-state index in [4.69, 9.17) is 34.3 Å². The molecule has 4 aromatic rings. The number of aliphatic hydroxyl groups is 1. The molecule has 2 bridgehead atoms. The van der Waals surface area contributed by atoms with E-state index in [1.54, 1.807) is 4.57 Å². The number of nitrogens with one attached hydrogen (secondary N) is 1. The molecule has 3 unspecified atom stereocenters. The van der Waals surface area contributed by atoms with Crippen LogP contribution in [0.3, 0.4) is 0 Å². The van der Waals surface area contributed by atoms with Crippen molar-refractivity contribution in [2.45, 2.75) is 49.5 Å². The van der Waals surface area contributed by atoms with Gasteiger partial charge >= 0.3 is 16.1 Å². The molecule has 0 amide bonds. The Morgan fingerprint density at radius 3 is 2.89 bits per heavy atom. The normalized spacial score (nSPS) is 38.1. The highest BCUT2D eigenvalue weighted by Crippen LogP contribution is 2.71. The second-order valence-corrected chi connectivity index (χ2v) is 13.4. The molecule has 2 saturated heterocycles. The van der Waals surface area contributed by atoms with Gasteiger partial charge in [0.25, 0.3) is 5.56 Å². The molecule has 1 spiro atoms. The Morgan fingerprint density at radius 2 is 2.05 bits per heavy atom. The summed E-state index contributed by atoms with van der Waals surface area (Å²) < 4.78 is 57.4. The Bertz CT molecular complexity index is 1940. The SMILES string of the molecule is Nc1nc2c(nnn2[C@@H]2O[C@@H]3CO[P+](=O)O[C@H]4[C@@H](O)[C@H](n5cnc6c(N)ncnc65)[C@H]5CC54COP(=O)(O)O[C@@H]2C3)c(=O)[nH]1. The highest BCUT2D eigenvalue weighted by atomic mass is 31.2. The van der Waals surface area contributed by atoms with Crippen LogP contribution >= 0.6 is 16.1 Å². The summed E-state index contributed by atoms with van der Waals surface area (Å²) in [5, 5.41) is 19.2. The molecule has 2 aliphatic carbocycles. The van der Waals surface area contributed by atoms with Crippen molar-refractivity contribution >= 4 is 50.2 Å². The molecular weight excluding hydrogens is 628 g/mol. The summed E-state index contributed by atoms with van der Waals surface area (Å²) in [6, 6.07) is -0.675. The van der Waals surface area contributed by atoms with E-state index in [0.717, 1.165) is 4.68 Å². The second kappa shape index (κ2) is 9.74. The first-order valence-corrected chi connectivity index (χ1v) is 15.9. The largest absolute Gasteiger partial charge is 0.697 e. The van der Waals surface area contributed by atoms with Crippen LogP contribution in [0.2, 0.25) is 0 Å². The fourth-order valence-electron chi connectivity index (χ4n) is 6.59. The summed E-state index contributed by atoms with van der Waals surface area (Å²) in [6.45, 7) is -0.673. The lowest BCUT2D eigenvalue weighted by atomic mass is 10.0. The zero-order valence-corrected chi connectivity index (χ0v) is 24.1. The average molecular weight is 652 g/mol. The zero-order valence-electron chi connectivity index (χ0n) is 22.3. The van der Waals surface area contributed by atoms with E-state index in [1.165, 1.54) is 12.7 Å². The van der Waals surface area contributed by atoms with Crippen LogP contribution in [0.15, 0.2) is 17.4 Å². The molecule has 4 fully saturated rings. The highest BCUT2D eigenvalue weighted by molar-refractivity contribution is 7.47. The molecule has 232 valence electrons. The van der Waals surface area contributed by atoms with Gasteiger partial charge in [0.2, 0.25) is 5.95 Å². The molecule has 10 atom stereocenters. The molecule has 4 aromatic heterocycles. The number of hydrogen-bond acceptors (Lipinski definition) is 17. The number of nitrogens with zero attached hydrogens (tertiary/aromatic N) is 8. The number of ether oxygens (including phenoxy) is 1. The highest BCUT2D eigenvalue weighted by Gasteiger charge is 2.75. The zero-order chi connectivity index (χ0) is 30.5. The number of aliphatic hydroxyl groups excluding tert-OH is 1. The van der Waals surface area contributed by atoms with Crippen LogP contribution in [0.5, 0.6) is 0 Å². The van der Waals surface area contributed by atoms with Gasteiger partial charge in [-0.25, -0.2) is 19.5 Å². The number of anilines is 2. The maximum atomic E-state index is 13.3. The number of phosphoric acid groups is 1. The van der Waals surface area contributed by atoms with Crippen molar-refractivity contribution in [2.75, 3.05) is 24.7 Å². The van der Waals surface area contributed by atoms with Gasteiger partial charge in [-0.15, -0.1) is 14.1 Å². The average Bonchev–Trinajstić information content (AvgIpc) is 3.31. The Balaban J connectivity index is 1.10. The molecule has 0 radical (unpaired) electrons. The number of nitrogens with two attached hydrogens (primary N) is 2. The monoisotopic (exact) mass is 652 g/mol. The number of hydrogen-bond donors (Lipinski definition) is 5. The smallest absolute Gasteiger partial charge is 0.388 e. The predicted octanol–water partition coefficient (Wildman–Crippen LogP) is -0.697. The first-order valence-electron chi connectivity index (χ1n) is 13.3. The van der Waals surface area contributed by atoms with Gasteiger partial charge in [0.05, 0.1) is 25.1 Å². The third-order valence-electron chi connectivity index (χ3n) is 8.60. The van der Waals surface area contributed by atoms with E-state index in [1.807, 2.05) is 0 Å². The van der Waals surface area contributed by atoms with E-state index in [-0.39, 0.29) is 41.9 Å². The molecule has 2 aliphatic heterocycles. The van der Waals surface area contributed by atoms with Gasteiger partial charge in [0.1, 0.15) is 30.7 Å². The quantitative estimate of drug-likeness (QED) is 0.167. The molecule has 7 N–H and O–H groups in total. The molecule has 21 nitrogen and oxygen atoms in total. The molecule has 2 saturated carbocycles. The number of aromatic amines is 1. The van der Waals surface area contributed by atoms with Gasteiger partial charge in [0.15, 0.2) is 35.0 Å². The van der Waals surface area contributed by atoms with Crippen LogP contribution in [0.25, 0.3) is 22.3 Å². The van der Waals surface area contributed by atoms with E-state index in [0.29, 0.717) is 17.6 Å². The maximum Gasteiger partial charge on any atom is 0.697 e. The van der Waals surface area contributed by atoms with Crippen molar-refractivity contribution in [1.29, 1.82) is 0 Å². The number of aromatic nitrogens is 9. The molecule has 8 rings (SSSR count). The fraction of sp³-hybridized carbons (Fsp3) is 0.571. The van der Waals surface area contributed by atoms with Crippen molar-refractivity contribution in [2.24, 2.45) is 11.3 Å². The lowest BCUT2D eigenvalue weighted by molar-refractivity contribution is -0.0628. The predicted molar refractivity (Wildman–Crippen MR) is 143 cm³/mol. The standard InChI is InChI=1S/C21H23N11O10P2/c22-15-10-16(25-5-24-15)31(6-26-10)12-8-2-21(8)4-39-44(36,37)42-9-1-7(3-38-43(35)41-14(21)13(12)33)40-19(9)32-17-11(29-30-32)18(34)28-20(23)27-17/h5-9,12-14,19,33H,1-4H2,(H5-,22,23,24,25,27,28,30,34,36,37)/p+1/t7-,8+,9+,12+,13-,14-,19+,21?/m0/s1. The van der Waals surface area contributed by atoms with Crippen LogP contribution < -0.4 is 17.0 Å². The van der Waals surface area contributed by atoms with Crippen LogP contribution in [0.1, 0.15) is 25.1 Å². The summed E-state index contributed by atoms with van der Waals surface area (Å²) in [6.07, 6.45) is -2.49. The minimum absolute atomic E-state index is 0.0254. The first kappa shape index (κ1) is 28.0. The van der Waals surface area contributed by atoms with Gasteiger partial charge < -0.3 is 30.8 Å². The van der Waals surface area contributed by atoms with Gasteiger partial charge in [-0.3, -0.25) is 18.8 Å². The molecule has 0 aromatic carbocycles. The van der Waals surface area contributed by atoms with Crippen LogP contribution in [-0.2, 0) is 32.0 Å². The van der Waals surface area contributed by atoms with Gasteiger partial charge in [-0.1, -0.05) is 5.21 Å². The minimum Gasteiger partial charge on any atom is -0.388 e. The van der Waals surface area contributed by atoms with Gasteiger partial charge in [-0.05, 0) is 12.3 Å². The van der Waals surface area contributed by atoms with E-state index >= 15 is 0 Å². The molecule has 44 heavy (non-hydrogen) atoms. The number of phosphoric ester groups is 1. The summed E-state index contributed by atoms with van der Waals surface area (Å²) >= 11 is 0. The van der Waals surface area contributed by atoms with Gasteiger partial charge in [0, 0.05) is 16.4 Å². The van der Waals surface area contributed by atoms with Crippen molar-refractivity contribution in [3.8, 4) is 0 Å². The van der Waals surface area contributed by atoms with Crippen molar-refractivity contribution in [1.82, 2.24) is 44.5 Å². The van der Waals surface area contributed by atoms with Crippen LogP contribution in [0.4, 0.5) is 11.8 Å². The van der Waals surface area contributed by atoms with Gasteiger partial charge in [-0.2, -0.15) is 9.67 Å². The van der Waals surface area contributed by atoms with Crippen molar-refractivity contribution in [3.63, 3.8) is 0 Å². The van der Waals surface area contributed by atoms with Crippen LogP contribution in [-0.4, -0.2) is 92.1 Å². The summed E-state index contributed by atoms with van der Waals surface area (Å²) in [4.78, 5) is 41.9. The minimum atomic E-state index is -4.80. The molecular formula is C21H24N11O10P2+. The number of rotatable bonds is 2. The summed E-state index contributed by atoms with van der Waals surface area (Å²) in [5.74, 6) is -0.407. The third kappa shape index (κ3) is 4.27. The Morgan fingerprint density at radius 1 is 1.20 bits per heavy atom. The lowest BCUT2D eigenvalue weighted by Gasteiger charge is -2.25. The number of nitrogen functional groups attached to an aromatic ring is 2. The van der Waals surface area contributed by atoms with Crippen molar-refractivity contribution in [3.05, 3.63) is 23.0 Å². The number of imidazole rings is 1. The molecule has 6 heterocycles. The molecule has 23 heteroatoms. The van der Waals surface area contributed by atoms with E-state index in [2.05, 4.69) is 35.2 Å². The number of H-pyrrole nitrogens is 1. The van der Waals surface area contributed by atoms with E-state index < -0.39 is 70.3 Å². The van der Waals surface area contributed by atoms with E-state index in [9.17, 15) is 23.9 Å². The summed E-state index contributed by atoms with van der Waals surface area (Å²) in [5.41, 5.74) is 10.5. The maximum absolute atomic E-state index is 13.3. The first-order chi connectivity index (χ1) is 21.0. The Kier molecular flexibility index (Phi) is 6.19. The van der Waals surface area contributed by atoms with Crippen LogP contribution in [0, 0.1) is 11.3 Å². The second-order valence-electron chi connectivity index (χ2n) is 11.1.